The number of aryl methyl sites for hydroxylation is 1. The second-order valence-electron chi connectivity index (χ2n) is 4.91. The molecule has 0 saturated heterocycles. The molecule has 22 heavy (non-hydrogen) atoms. The van der Waals surface area contributed by atoms with Crippen molar-refractivity contribution in [1.82, 2.24) is 9.38 Å². The highest BCUT2D eigenvalue weighted by molar-refractivity contribution is 5.87. The molecule has 0 aliphatic heterocycles. The minimum Gasteiger partial charge on any atom is -0.478 e. The maximum absolute atomic E-state index is 13.1. The third kappa shape index (κ3) is 2.48. The number of hydrogen-bond donors (Lipinski definition) is 1. The summed E-state index contributed by atoms with van der Waals surface area (Å²) in [6.07, 6.45) is 4.39. The van der Waals surface area contributed by atoms with E-state index in [1.54, 1.807) is 12.1 Å². The molecule has 0 unspecified atom stereocenters. The molecule has 0 aliphatic rings. The molecule has 0 radical (unpaired) electrons. The molecule has 0 aliphatic carbocycles. The summed E-state index contributed by atoms with van der Waals surface area (Å²) in [6, 6.07) is 9.78. The Morgan fingerprint density at radius 3 is 2.68 bits per heavy atom. The van der Waals surface area contributed by atoms with E-state index in [-0.39, 0.29) is 5.82 Å². The lowest BCUT2D eigenvalue weighted by atomic mass is 10.1. The Hall–Kier alpha value is -2.95. The summed E-state index contributed by atoms with van der Waals surface area (Å²) >= 11 is 0. The zero-order valence-corrected chi connectivity index (χ0v) is 11.8. The minimum absolute atomic E-state index is 0.327. The molecule has 3 aromatic rings. The topological polar surface area (TPSA) is 54.6 Å². The van der Waals surface area contributed by atoms with Gasteiger partial charge in [-0.15, -0.1) is 0 Å². The fraction of sp³-hybridized carbons (Fsp3) is 0.0588. The molecule has 2 heterocycles. The highest BCUT2D eigenvalue weighted by Gasteiger charge is 2.13. The zero-order valence-electron chi connectivity index (χ0n) is 11.8. The Balaban J connectivity index is 2.28. The van der Waals surface area contributed by atoms with Crippen LogP contribution in [0.15, 0.2) is 48.7 Å². The van der Waals surface area contributed by atoms with Crippen LogP contribution in [0, 0.1) is 12.7 Å². The van der Waals surface area contributed by atoms with E-state index in [0.29, 0.717) is 11.4 Å². The lowest BCUT2D eigenvalue weighted by molar-refractivity contribution is -0.131. The van der Waals surface area contributed by atoms with Gasteiger partial charge in [-0.1, -0.05) is 6.07 Å². The molecule has 0 fully saturated rings. The Kier molecular flexibility index (Phi) is 3.47. The first-order valence-corrected chi connectivity index (χ1v) is 6.71. The minimum atomic E-state index is -1.03. The highest BCUT2D eigenvalue weighted by atomic mass is 19.1. The molecular formula is C17H13FN2O2. The van der Waals surface area contributed by atoms with Crippen molar-refractivity contribution in [2.45, 2.75) is 6.92 Å². The summed E-state index contributed by atoms with van der Waals surface area (Å²) in [4.78, 5) is 15.4. The van der Waals surface area contributed by atoms with Gasteiger partial charge < -0.3 is 5.11 Å². The highest BCUT2D eigenvalue weighted by Crippen LogP contribution is 2.27. The van der Waals surface area contributed by atoms with Gasteiger partial charge in [-0.25, -0.2) is 14.2 Å². The number of halogens is 1. The van der Waals surface area contributed by atoms with E-state index in [1.807, 2.05) is 29.7 Å². The second kappa shape index (κ2) is 5.44. The first-order chi connectivity index (χ1) is 10.6. The lowest BCUT2D eigenvalue weighted by Crippen LogP contribution is -1.91. The number of fused-ring (bicyclic) bond motifs is 1. The monoisotopic (exact) mass is 296 g/mol. The average Bonchev–Trinajstić information content (AvgIpc) is 2.86. The number of rotatable bonds is 3. The van der Waals surface area contributed by atoms with Crippen LogP contribution in [0.5, 0.6) is 0 Å². The van der Waals surface area contributed by atoms with Gasteiger partial charge in [-0.3, -0.25) is 4.40 Å². The molecule has 0 saturated carbocycles. The van der Waals surface area contributed by atoms with Crippen molar-refractivity contribution in [2.75, 3.05) is 0 Å². The number of carboxylic acids is 1. The van der Waals surface area contributed by atoms with Crippen LogP contribution in [0.25, 0.3) is 23.0 Å². The van der Waals surface area contributed by atoms with E-state index < -0.39 is 5.97 Å². The van der Waals surface area contributed by atoms with Crippen molar-refractivity contribution < 1.29 is 14.3 Å². The SMILES string of the molecule is Cc1cccn2c(/C=C/C(=O)O)c(-c3ccc(F)cc3)nc12. The van der Waals surface area contributed by atoms with Crippen molar-refractivity contribution in [3.8, 4) is 11.3 Å². The number of pyridine rings is 1. The Morgan fingerprint density at radius 1 is 1.27 bits per heavy atom. The Morgan fingerprint density at radius 2 is 2.00 bits per heavy atom. The number of carboxylic acid groups (broad SMARTS) is 1. The largest absolute Gasteiger partial charge is 0.478 e. The molecule has 0 spiro atoms. The lowest BCUT2D eigenvalue weighted by Gasteiger charge is -2.01. The number of nitrogens with zero attached hydrogens (tertiary/aromatic N) is 2. The van der Waals surface area contributed by atoms with Gasteiger partial charge >= 0.3 is 5.97 Å². The molecule has 110 valence electrons. The third-order valence-electron chi connectivity index (χ3n) is 3.38. The van der Waals surface area contributed by atoms with Crippen LogP contribution in [0.3, 0.4) is 0 Å². The molecule has 1 aromatic carbocycles. The molecule has 0 amide bonds. The van der Waals surface area contributed by atoms with Gasteiger partial charge in [0.2, 0.25) is 0 Å². The van der Waals surface area contributed by atoms with Gasteiger partial charge in [-0.2, -0.15) is 0 Å². The number of benzene rings is 1. The predicted octanol–water partition coefficient (Wildman–Crippen LogP) is 3.55. The van der Waals surface area contributed by atoms with Crippen LogP contribution >= 0.6 is 0 Å². The second-order valence-corrected chi connectivity index (χ2v) is 4.91. The van der Waals surface area contributed by atoms with E-state index in [0.717, 1.165) is 22.9 Å². The van der Waals surface area contributed by atoms with Gasteiger partial charge in [0, 0.05) is 17.8 Å². The maximum atomic E-state index is 13.1. The first kappa shape index (κ1) is 14.0. The first-order valence-electron chi connectivity index (χ1n) is 6.71. The van der Waals surface area contributed by atoms with E-state index in [2.05, 4.69) is 4.98 Å². The standard InChI is InChI=1S/C17H13FN2O2/c1-11-3-2-10-20-14(8-9-15(21)22)16(19-17(11)20)12-4-6-13(18)7-5-12/h2-10H,1H3,(H,21,22)/b9-8+. The summed E-state index contributed by atoms with van der Waals surface area (Å²) in [7, 11) is 0. The molecule has 4 nitrogen and oxygen atoms in total. The fourth-order valence-corrected chi connectivity index (χ4v) is 2.35. The predicted molar refractivity (Wildman–Crippen MR) is 82.0 cm³/mol. The Bertz CT molecular complexity index is 880. The maximum Gasteiger partial charge on any atom is 0.328 e. The number of carbonyl (C=O) groups is 1. The van der Waals surface area contributed by atoms with E-state index >= 15 is 0 Å². The summed E-state index contributed by atoms with van der Waals surface area (Å²) in [6.45, 7) is 1.93. The zero-order chi connectivity index (χ0) is 15.7. The average molecular weight is 296 g/mol. The van der Waals surface area contributed by atoms with Crippen LogP contribution < -0.4 is 0 Å². The van der Waals surface area contributed by atoms with Crippen molar-refractivity contribution in [1.29, 1.82) is 0 Å². The molecular weight excluding hydrogens is 283 g/mol. The van der Waals surface area contributed by atoms with Gasteiger partial charge in [0.15, 0.2) is 0 Å². The van der Waals surface area contributed by atoms with E-state index in [1.165, 1.54) is 18.2 Å². The van der Waals surface area contributed by atoms with Crippen LogP contribution in [0.2, 0.25) is 0 Å². The number of aliphatic carboxylic acids is 1. The van der Waals surface area contributed by atoms with Crippen LogP contribution in [0.4, 0.5) is 4.39 Å². The summed E-state index contributed by atoms with van der Waals surface area (Å²) < 4.78 is 14.9. The van der Waals surface area contributed by atoms with Crippen LogP contribution in [-0.4, -0.2) is 20.5 Å². The van der Waals surface area contributed by atoms with Gasteiger partial charge in [-0.05, 0) is 48.9 Å². The fourth-order valence-electron chi connectivity index (χ4n) is 2.35. The van der Waals surface area contributed by atoms with Gasteiger partial charge in [0.05, 0.1) is 11.4 Å². The van der Waals surface area contributed by atoms with Crippen molar-refractivity contribution in [3.63, 3.8) is 0 Å². The summed E-state index contributed by atoms with van der Waals surface area (Å²) in [5.41, 5.74) is 3.71. The van der Waals surface area contributed by atoms with Crippen molar-refractivity contribution >= 4 is 17.7 Å². The molecule has 0 bridgehead atoms. The number of hydrogen-bond acceptors (Lipinski definition) is 2. The molecule has 3 rings (SSSR count). The number of aromatic nitrogens is 2. The van der Waals surface area contributed by atoms with Gasteiger partial charge in [0.1, 0.15) is 11.5 Å². The van der Waals surface area contributed by atoms with Crippen molar-refractivity contribution in [3.05, 3.63) is 65.7 Å². The molecule has 0 atom stereocenters. The van der Waals surface area contributed by atoms with Crippen molar-refractivity contribution in [2.24, 2.45) is 0 Å². The summed E-state index contributed by atoms with van der Waals surface area (Å²) in [5, 5.41) is 8.87. The number of imidazole rings is 1. The van der Waals surface area contributed by atoms with E-state index in [9.17, 15) is 9.18 Å². The van der Waals surface area contributed by atoms with Crippen LogP contribution in [-0.2, 0) is 4.79 Å². The smallest absolute Gasteiger partial charge is 0.328 e. The Labute approximate surface area is 126 Å². The molecule has 5 heteroatoms. The van der Waals surface area contributed by atoms with Gasteiger partial charge in [0.25, 0.3) is 0 Å². The third-order valence-corrected chi connectivity index (χ3v) is 3.38. The van der Waals surface area contributed by atoms with E-state index in [4.69, 9.17) is 5.11 Å². The quantitative estimate of drug-likeness (QED) is 0.752. The molecule has 1 N–H and O–H groups in total. The van der Waals surface area contributed by atoms with Crippen LogP contribution in [0.1, 0.15) is 11.3 Å². The normalized spacial score (nSPS) is 11.4. The molecule has 2 aromatic heterocycles. The summed E-state index contributed by atoms with van der Waals surface area (Å²) in [5.74, 6) is -1.36.